The maximum absolute atomic E-state index is 11.0. The van der Waals surface area contributed by atoms with E-state index in [1.807, 2.05) is 0 Å². The highest BCUT2D eigenvalue weighted by Crippen LogP contribution is 2.21. The molecule has 2 aliphatic rings. The highest BCUT2D eigenvalue weighted by Gasteiger charge is 2.26. The monoisotopic (exact) mass is 212 g/mol. The molecular formula is C11H20N2O2. The quantitative estimate of drug-likeness (QED) is 0.710. The zero-order valence-corrected chi connectivity index (χ0v) is 9.29. The fraction of sp³-hybridized carbons (Fsp3) is 0.909. The van der Waals surface area contributed by atoms with Crippen LogP contribution in [0.25, 0.3) is 0 Å². The number of methoxy groups -OCH3 is 1. The Bertz CT molecular complexity index is 233. The summed E-state index contributed by atoms with van der Waals surface area (Å²) in [6, 6.07) is 0.923. The van der Waals surface area contributed by atoms with Crippen molar-refractivity contribution in [1.29, 1.82) is 0 Å². The van der Waals surface area contributed by atoms with Gasteiger partial charge < -0.3 is 15.4 Å². The summed E-state index contributed by atoms with van der Waals surface area (Å²) < 4.78 is 5.32. The average molecular weight is 212 g/mol. The lowest BCUT2D eigenvalue weighted by atomic mass is 10.2. The van der Waals surface area contributed by atoms with E-state index in [1.54, 1.807) is 7.11 Å². The van der Waals surface area contributed by atoms with Crippen LogP contribution in [0.4, 0.5) is 0 Å². The summed E-state index contributed by atoms with van der Waals surface area (Å²) in [5, 5.41) is 6.48. The summed E-state index contributed by atoms with van der Waals surface area (Å²) in [5.41, 5.74) is 0. The van der Waals surface area contributed by atoms with Crippen LogP contribution in [0.1, 0.15) is 32.1 Å². The highest BCUT2D eigenvalue weighted by molar-refractivity contribution is 5.78. The van der Waals surface area contributed by atoms with E-state index in [1.165, 1.54) is 6.42 Å². The van der Waals surface area contributed by atoms with Gasteiger partial charge in [-0.1, -0.05) is 0 Å². The van der Waals surface area contributed by atoms with Gasteiger partial charge in [-0.25, -0.2) is 0 Å². The fourth-order valence-electron chi connectivity index (χ4n) is 2.48. The summed E-state index contributed by atoms with van der Waals surface area (Å²) in [4.78, 5) is 11.0. The largest absolute Gasteiger partial charge is 0.381 e. The van der Waals surface area contributed by atoms with Gasteiger partial charge in [-0.05, 0) is 25.7 Å². The summed E-state index contributed by atoms with van der Waals surface area (Å²) >= 11 is 0. The van der Waals surface area contributed by atoms with Gasteiger partial charge in [0.25, 0.3) is 0 Å². The minimum atomic E-state index is 0.197. The van der Waals surface area contributed by atoms with Gasteiger partial charge in [0, 0.05) is 32.2 Å². The van der Waals surface area contributed by atoms with Gasteiger partial charge in [-0.15, -0.1) is 0 Å². The second-order valence-corrected chi connectivity index (χ2v) is 4.58. The molecule has 3 unspecified atom stereocenters. The first-order valence-corrected chi connectivity index (χ1v) is 5.83. The van der Waals surface area contributed by atoms with E-state index in [4.69, 9.17) is 4.74 Å². The summed E-state index contributed by atoms with van der Waals surface area (Å²) in [7, 11) is 1.78. The van der Waals surface area contributed by atoms with Crippen LogP contribution in [0.15, 0.2) is 0 Å². The molecule has 2 fully saturated rings. The molecule has 0 aromatic heterocycles. The van der Waals surface area contributed by atoms with Crippen LogP contribution in [-0.2, 0) is 9.53 Å². The molecule has 1 aliphatic heterocycles. The first-order chi connectivity index (χ1) is 7.28. The molecule has 86 valence electrons. The first kappa shape index (κ1) is 10.9. The van der Waals surface area contributed by atoms with Crippen LogP contribution in [0.3, 0.4) is 0 Å². The number of carbonyl (C=O) groups is 1. The second-order valence-electron chi connectivity index (χ2n) is 4.58. The van der Waals surface area contributed by atoms with Gasteiger partial charge in [-0.3, -0.25) is 4.79 Å². The van der Waals surface area contributed by atoms with Gasteiger partial charge in [0.05, 0.1) is 6.10 Å². The number of hydrogen-bond donors (Lipinski definition) is 2. The third-order valence-electron chi connectivity index (χ3n) is 3.46. The van der Waals surface area contributed by atoms with Crippen molar-refractivity contribution in [3.63, 3.8) is 0 Å². The predicted molar refractivity (Wildman–Crippen MR) is 57.6 cm³/mol. The molecule has 1 aliphatic carbocycles. The van der Waals surface area contributed by atoms with E-state index in [0.29, 0.717) is 24.6 Å². The Labute approximate surface area is 90.8 Å². The predicted octanol–water partition coefficient (Wildman–Crippen LogP) is 0.422. The molecule has 4 nitrogen and oxygen atoms in total. The van der Waals surface area contributed by atoms with Crippen molar-refractivity contribution in [3.05, 3.63) is 0 Å². The number of rotatable bonds is 4. The Morgan fingerprint density at radius 2 is 2.33 bits per heavy atom. The van der Waals surface area contributed by atoms with Crippen LogP contribution in [0.5, 0.6) is 0 Å². The molecular weight excluding hydrogens is 192 g/mol. The molecule has 0 bridgehead atoms. The molecule has 0 aromatic rings. The Morgan fingerprint density at radius 3 is 2.93 bits per heavy atom. The van der Waals surface area contributed by atoms with Gasteiger partial charge in [0.15, 0.2) is 0 Å². The van der Waals surface area contributed by atoms with Crippen LogP contribution in [-0.4, -0.2) is 37.7 Å². The fourth-order valence-corrected chi connectivity index (χ4v) is 2.48. The maximum Gasteiger partial charge on any atom is 0.220 e. The van der Waals surface area contributed by atoms with Crippen molar-refractivity contribution in [1.82, 2.24) is 10.6 Å². The Morgan fingerprint density at radius 1 is 1.47 bits per heavy atom. The molecule has 1 heterocycles. The van der Waals surface area contributed by atoms with Crippen molar-refractivity contribution < 1.29 is 9.53 Å². The maximum atomic E-state index is 11.0. The van der Waals surface area contributed by atoms with E-state index < -0.39 is 0 Å². The Kier molecular flexibility index (Phi) is 3.59. The Balaban J connectivity index is 1.64. The lowest BCUT2D eigenvalue weighted by Crippen LogP contribution is -2.39. The molecule has 0 aromatic carbocycles. The smallest absolute Gasteiger partial charge is 0.220 e. The van der Waals surface area contributed by atoms with E-state index in [9.17, 15) is 4.79 Å². The second kappa shape index (κ2) is 4.94. The number of ether oxygens (including phenoxy) is 1. The summed E-state index contributed by atoms with van der Waals surface area (Å²) in [6.07, 6.45) is 5.56. The molecule has 1 saturated heterocycles. The third-order valence-corrected chi connectivity index (χ3v) is 3.46. The van der Waals surface area contributed by atoms with Gasteiger partial charge in [-0.2, -0.15) is 0 Å². The molecule has 15 heavy (non-hydrogen) atoms. The standard InChI is InChI=1S/C11H20N2O2/c1-15-10-4-2-8(6-10)12-7-9-3-5-11(14)13-9/h8-10,12H,2-7H2,1H3,(H,13,14). The van der Waals surface area contributed by atoms with E-state index in [-0.39, 0.29) is 5.91 Å². The Hall–Kier alpha value is -0.610. The summed E-state index contributed by atoms with van der Waals surface area (Å²) in [5.74, 6) is 0.197. The average Bonchev–Trinajstić information content (AvgIpc) is 2.83. The molecule has 2 rings (SSSR count). The number of carbonyl (C=O) groups excluding carboxylic acids is 1. The molecule has 0 radical (unpaired) electrons. The van der Waals surface area contributed by atoms with E-state index in [2.05, 4.69) is 10.6 Å². The van der Waals surface area contributed by atoms with Crippen LogP contribution >= 0.6 is 0 Å². The molecule has 1 saturated carbocycles. The normalized spacial score (nSPS) is 35.8. The zero-order valence-electron chi connectivity index (χ0n) is 9.29. The van der Waals surface area contributed by atoms with Crippen LogP contribution in [0.2, 0.25) is 0 Å². The highest BCUT2D eigenvalue weighted by atomic mass is 16.5. The lowest BCUT2D eigenvalue weighted by molar-refractivity contribution is -0.119. The van der Waals surface area contributed by atoms with Crippen LogP contribution in [0, 0.1) is 0 Å². The molecule has 3 atom stereocenters. The first-order valence-electron chi connectivity index (χ1n) is 5.83. The minimum absolute atomic E-state index is 0.197. The van der Waals surface area contributed by atoms with Crippen LogP contribution < -0.4 is 10.6 Å². The lowest BCUT2D eigenvalue weighted by Gasteiger charge is -2.16. The van der Waals surface area contributed by atoms with E-state index in [0.717, 1.165) is 25.8 Å². The molecule has 0 spiro atoms. The van der Waals surface area contributed by atoms with Gasteiger partial charge in [0.1, 0.15) is 0 Å². The van der Waals surface area contributed by atoms with Gasteiger partial charge >= 0.3 is 0 Å². The molecule has 1 amide bonds. The number of hydrogen-bond acceptors (Lipinski definition) is 3. The molecule has 2 N–H and O–H groups in total. The van der Waals surface area contributed by atoms with Crippen molar-refractivity contribution in [2.24, 2.45) is 0 Å². The third kappa shape index (κ3) is 2.92. The number of nitrogens with one attached hydrogen (secondary N) is 2. The zero-order chi connectivity index (χ0) is 10.7. The SMILES string of the molecule is COC1CCC(NCC2CCC(=O)N2)C1. The minimum Gasteiger partial charge on any atom is -0.381 e. The van der Waals surface area contributed by atoms with Gasteiger partial charge in [0.2, 0.25) is 5.91 Å². The summed E-state index contributed by atoms with van der Waals surface area (Å²) in [6.45, 7) is 0.910. The van der Waals surface area contributed by atoms with Crippen molar-refractivity contribution in [2.75, 3.05) is 13.7 Å². The number of amides is 1. The molecule has 4 heteroatoms. The van der Waals surface area contributed by atoms with Crippen molar-refractivity contribution in [2.45, 2.75) is 50.3 Å². The topological polar surface area (TPSA) is 50.4 Å². The van der Waals surface area contributed by atoms with E-state index >= 15 is 0 Å². The van der Waals surface area contributed by atoms with Crippen molar-refractivity contribution >= 4 is 5.91 Å². The van der Waals surface area contributed by atoms with Crippen molar-refractivity contribution in [3.8, 4) is 0 Å².